The van der Waals surface area contributed by atoms with Crippen molar-refractivity contribution in [2.75, 3.05) is 0 Å². The molecule has 0 unspecified atom stereocenters. The molecule has 0 saturated carbocycles. The van der Waals surface area contributed by atoms with Gasteiger partial charge in [-0.25, -0.2) is 0 Å². The number of rotatable bonds is 2. The third kappa shape index (κ3) is 4.02. The summed E-state index contributed by atoms with van der Waals surface area (Å²) in [7, 11) is 0. The Bertz CT molecular complexity index is 233. The lowest BCUT2D eigenvalue weighted by Crippen LogP contribution is -2.40. The van der Waals surface area contributed by atoms with E-state index in [2.05, 4.69) is 35.0 Å². The zero-order valence-corrected chi connectivity index (χ0v) is 12.1. The second kappa shape index (κ2) is 7.00. The van der Waals surface area contributed by atoms with Gasteiger partial charge in [0.1, 0.15) is 6.10 Å². The maximum atomic E-state index is 9.71. The van der Waals surface area contributed by atoms with E-state index in [9.17, 15) is 5.11 Å². The highest BCUT2D eigenvalue weighted by Crippen LogP contribution is 2.25. The third-order valence-electron chi connectivity index (χ3n) is 2.86. The molecule has 0 saturated heterocycles. The molecule has 1 heterocycles. The molecular formula is C12H20BrClO2. The van der Waals surface area contributed by atoms with Gasteiger partial charge in [0.15, 0.2) is 0 Å². The predicted octanol–water partition coefficient (Wildman–Crippen LogP) is 3.25. The number of halogens is 2. The molecule has 0 bridgehead atoms. The summed E-state index contributed by atoms with van der Waals surface area (Å²) in [6.45, 7) is 3.82. The Morgan fingerprint density at radius 2 is 2.12 bits per heavy atom. The lowest BCUT2D eigenvalue weighted by Gasteiger charge is -2.30. The maximum absolute atomic E-state index is 9.71. The molecule has 1 N–H and O–H groups in total. The number of alkyl halides is 2. The minimum Gasteiger partial charge on any atom is -0.391 e. The first-order valence-corrected chi connectivity index (χ1v) is 7.18. The van der Waals surface area contributed by atoms with Crippen molar-refractivity contribution in [3.05, 3.63) is 12.2 Å². The van der Waals surface area contributed by atoms with E-state index in [4.69, 9.17) is 16.3 Å². The van der Waals surface area contributed by atoms with Gasteiger partial charge in [0.05, 0.1) is 17.6 Å². The molecule has 0 aromatic heterocycles. The van der Waals surface area contributed by atoms with Crippen LogP contribution in [0.4, 0.5) is 0 Å². The molecule has 94 valence electrons. The molecule has 2 nitrogen and oxygen atoms in total. The van der Waals surface area contributed by atoms with Gasteiger partial charge >= 0.3 is 0 Å². The topological polar surface area (TPSA) is 29.5 Å². The molecule has 0 radical (unpaired) electrons. The van der Waals surface area contributed by atoms with Crippen LogP contribution in [-0.4, -0.2) is 33.6 Å². The third-order valence-corrected chi connectivity index (χ3v) is 4.25. The van der Waals surface area contributed by atoms with Gasteiger partial charge in [0.25, 0.3) is 0 Å². The summed E-state index contributed by atoms with van der Waals surface area (Å²) in [5.74, 6) is 0. The second-order valence-electron chi connectivity index (χ2n) is 4.26. The van der Waals surface area contributed by atoms with Gasteiger partial charge in [-0.05, 0) is 26.2 Å². The van der Waals surface area contributed by atoms with Crippen LogP contribution in [-0.2, 0) is 4.74 Å². The van der Waals surface area contributed by atoms with Crippen molar-refractivity contribution in [3.8, 4) is 0 Å². The van der Waals surface area contributed by atoms with Crippen LogP contribution >= 0.6 is 27.5 Å². The van der Waals surface area contributed by atoms with Crippen LogP contribution in [0.1, 0.15) is 33.1 Å². The molecule has 0 aliphatic carbocycles. The Labute approximate surface area is 111 Å². The van der Waals surface area contributed by atoms with Gasteiger partial charge in [-0.1, -0.05) is 35.0 Å². The fourth-order valence-electron chi connectivity index (χ4n) is 1.88. The van der Waals surface area contributed by atoms with Gasteiger partial charge in [0.2, 0.25) is 0 Å². The van der Waals surface area contributed by atoms with Gasteiger partial charge in [-0.15, -0.1) is 11.6 Å². The van der Waals surface area contributed by atoms with Crippen molar-refractivity contribution in [2.24, 2.45) is 0 Å². The first kappa shape index (κ1) is 14.5. The quantitative estimate of drug-likeness (QED) is 0.626. The number of aliphatic hydroxyl groups excluding tert-OH is 1. The Hall–Kier alpha value is 0.430. The minimum atomic E-state index is -0.539. The predicted molar refractivity (Wildman–Crippen MR) is 71.4 cm³/mol. The molecule has 4 heteroatoms. The summed E-state index contributed by atoms with van der Waals surface area (Å²) in [5.41, 5.74) is 0. The van der Waals surface area contributed by atoms with E-state index in [0.29, 0.717) is 0 Å². The summed E-state index contributed by atoms with van der Waals surface area (Å²) < 4.78 is 5.94. The Morgan fingerprint density at radius 1 is 1.50 bits per heavy atom. The van der Waals surface area contributed by atoms with Crippen LogP contribution in [0.25, 0.3) is 0 Å². The summed E-state index contributed by atoms with van der Waals surface area (Å²) in [6, 6.07) is 0. The summed E-state index contributed by atoms with van der Waals surface area (Å²) in [4.78, 5) is 0.289. The average Bonchev–Trinajstić information content (AvgIpc) is 2.30. The highest BCUT2D eigenvalue weighted by atomic mass is 79.9. The zero-order chi connectivity index (χ0) is 12.1. The first-order valence-electron chi connectivity index (χ1n) is 5.83. The van der Waals surface area contributed by atoms with Gasteiger partial charge in [0, 0.05) is 4.83 Å². The van der Waals surface area contributed by atoms with E-state index >= 15 is 0 Å². The Balaban J connectivity index is 2.78. The largest absolute Gasteiger partial charge is 0.391 e. The van der Waals surface area contributed by atoms with E-state index in [1.54, 1.807) is 6.92 Å². The lowest BCUT2D eigenvalue weighted by molar-refractivity contribution is -0.0716. The zero-order valence-electron chi connectivity index (χ0n) is 9.77. The molecule has 5 atom stereocenters. The van der Waals surface area contributed by atoms with E-state index in [1.165, 1.54) is 0 Å². The summed E-state index contributed by atoms with van der Waals surface area (Å²) in [5, 5.41) is 9.54. The molecule has 1 aliphatic heterocycles. The normalized spacial score (nSPS) is 40.6. The van der Waals surface area contributed by atoms with Crippen molar-refractivity contribution in [1.29, 1.82) is 0 Å². The number of allylic oxidation sites excluding steroid dienone is 2. The van der Waals surface area contributed by atoms with Crippen molar-refractivity contribution >= 4 is 27.5 Å². The molecular weight excluding hydrogens is 291 g/mol. The average molecular weight is 312 g/mol. The number of hydrogen-bond donors (Lipinski definition) is 1. The SMILES string of the molecule is CC[C@@H]1O[C@H]([C@H](C)O)[C@@H](Cl)C/C=C/C[C@@H]1Br. The molecule has 0 aromatic carbocycles. The molecule has 0 aromatic rings. The van der Waals surface area contributed by atoms with Crippen molar-refractivity contribution in [3.63, 3.8) is 0 Å². The highest BCUT2D eigenvalue weighted by Gasteiger charge is 2.30. The van der Waals surface area contributed by atoms with E-state index in [1.807, 2.05) is 0 Å². The van der Waals surface area contributed by atoms with Crippen LogP contribution < -0.4 is 0 Å². The van der Waals surface area contributed by atoms with Crippen molar-refractivity contribution < 1.29 is 9.84 Å². The van der Waals surface area contributed by atoms with Crippen molar-refractivity contribution in [2.45, 2.75) is 61.6 Å². The number of hydrogen-bond acceptors (Lipinski definition) is 2. The van der Waals surface area contributed by atoms with Crippen LogP contribution in [0.5, 0.6) is 0 Å². The van der Waals surface area contributed by atoms with Gasteiger partial charge in [-0.2, -0.15) is 0 Å². The molecule has 0 amide bonds. The molecule has 1 rings (SSSR count). The Morgan fingerprint density at radius 3 is 2.69 bits per heavy atom. The van der Waals surface area contributed by atoms with Crippen LogP contribution in [0.2, 0.25) is 0 Å². The highest BCUT2D eigenvalue weighted by molar-refractivity contribution is 9.09. The van der Waals surface area contributed by atoms with E-state index in [0.717, 1.165) is 19.3 Å². The minimum absolute atomic E-state index is 0.101. The van der Waals surface area contributed by atoms with E-state index in [-0.39, 0.29) is 22.4 Å². The Kier molecular flexibility index (Phi) is 6.34. The van der Waals surface area contributed by atoms with Crippen LogP contribution in [0.3, 0.4) is 0 Å². The van der Waals surface area contributed by atoms with Crippen molar-refractivity contribution in [1.82, 2.24) is 0 Å². The van der Waals surface area contributed by atoms with Crippen LogP contribution in [0, 0.1) is 0 Å². The first-order chi connectivity index (χ1) is 7.56. The van der Waals surface area contributed by atoms with Gasteiger partial charge in [-0.3, -0.25) is 0 Å². The molecule has 0 spiro atoms. The van der Waals surface area contributed by atoms with Gasteiger partial charge < -0.3 is 9.84 Å². The van der Waals surface area contributed by atoms with E-state index < -0.39 is 6.10 Å². The molecule has 0 fully saturated rings. The second-order valence-corrected chi connectivity index (χ2v) is 6.00. The summed E-state index contributed by atoms with van der Waals surface area (Å²) >= 11 is 9.88. The molecule has 1 aliphatic rings. The fourth-order valence-corrected chi connectivity index (χ4v) is 2.97. The van der Waals surface area contributed by atoms with Crippen LogP contribution in [0.15, 0.2) is 12.2 Å². The summed E-state index contributed by atoms with van der Waals surface area (Å²) in [6.07, 6.45) is 6.06. The fraction of sp³-hybridized carbons (Fsp3) is 0.833. The number of aliphatic hydroxyl groups is 1. The molecule has 16 heavy (non-hydrogen) atoms. The lowest BCUT2D eigenvalue weighted by atomic mass is 10.1. The standard InChI is InChI=1S/C12H20BrClO2/c1-3-11-9(13)6-4-5-7-10(14)12(16-11)8(2)15/h4-5,8-12,15H,3,6-7H2,1-2H3/b5-4+/t8-,9-,10-,11-,12+/m0/s1. The maximum Gasteiger partial charge on any atom is 0.100 e. The smallest absolute Gasteiger partial charge is 0.100 e. The monoisotopic (exact) mass is 310 g/mol. The number of ether oxygens (including phenoxy) is 1.